The van der Waals surface area contributed by atoms with Gasteiger partial charge in [-0.3, -0.25) is 0 Å². The first kappa shape index (κ1) is 17.7. The SMILES string of the molecule is FC(F)(F)c1ccnc(Oc2ccccc2CNNc2ccccc2)n1. The van der Waals surface area contributed by atoms with Crippen LogP contribution in [0.25, 0.3) is 0 Å². The lowest BCUT2D eigenvalue weighted by Gasteiger charge is -2.13. The number of hydrazine groups is 1. The maximum absolute atomic E-state index is 12.7. The average molecular weight is 360 g/mol. The van der Waals surface area contributed by atoms with E-state index in [0.717, 1.165) is 23.5 Å². The van der Waals surface area contributed by atoms with Crippen molar-refractivity contribution < 1.29 is 17.9 Å². The van der Waals surface area contributed by atoms with E-state index >= 15 is 0 Å². The fourth-order valence-electron chi connectivity index (χ4n) is 2.16. The van der Waals surface area contributed by atoms with Gasteiger partial charge < -0.3 is 10.2 Å². The summed E-state index contributed by atoms with van der Waals surface area (Å²) in [6.07, 6.45) is -3.54. The van der Waals surface area contributed by atoms with Crippen molar-refractivity contribution in [2.75, 3.05) is 5.43 Å². The van der Waals surface area contributed by atoms with Crippen LogP contribution in [0.3, 0.4) is 0 Å². The molecular formula is C18H15F3N4O. The molecule has 2 aromatic carbocycles. The van der Waals surface area contributed by atoms with Gasteiger partial charge in [0.05, 0.1) is 0 Å². The first-order valence-electron chi connectivity index (χ1n) is 7.72. The highest BCUT2D eigenvalue weighted by Gasteiger charge is 2.33. The number of ether oxygens (including phenoxy) is 1. The number of nitrogens with zero attached hydrogens (tertiary/aromatic N) is 2. The van der Waals surface area contributed by atoms with Gasteiger partial charge in [0.25, 0.3) is 0 Å². The maximum atomic E-state index is 12.7. The first-order valence-corrected chi connectivity index (χ1v) is 7.72. The monoisotopic (exact) mass is 360 g/mol. The average Bonchev–Trinajstić information content (AvgIpc) is 2.64. The lowest BCUT2D eigenvalue weighted by molar-refractivity contribution is -0.141. The molecule has 8 heteroatoms. The Morgan fingerprint density at radius 2 is 1.65 bits per heavy atom. The summed E-state index contributed by atoms with van der Waals surface area (Å²) < 4.78 is 43.7. The molecule has 26 heavy (non-hydrogen) atoms. The lowest BCUT2D eigenvalue weighted by atomic mass is 10.2. The van der Waals surface area contributed by atoms with E-state index in [1.165, 1.54) is 0 Å². The summed E-state index contributed by atoms with van der Waals surface area (Å²) in [7, 11) is 0. The lowest BCUT2D eigenvalue weighted by Crippen LogP contribution is -2.21. The van der Waals surface area contributed by atoms with E-state index in [1.54, 1.807) is 24.3 Å². The van der Waals surface area contributed by atoms with E-state index in [4.69, 9.17) is 4.74 Å². The third-order valence-electron chi connectivity index (χ3n) is 3.38. The number of hydrogen-bond donors (Lipinski definition) is 2. The van der Waals surface area contributed by atoms with E-state index in [1.807, 2.05) is 30.3 Å². The Kier molecular flexibility index (Phi) is 5.33. The first-order chi connectivity index (χ1) is 12.5. The summed E-state index contributed by atoms with van der Waals surface area (Å²) in [6.45, 7) is 0.379. The van der Waals surface area contributed by atoms with Gasteiger partial charge in [-0.2, -0.15) is 18.2 Å². The van der Waals surface area contributed by atoms with Crippen molar-refractivity contribution in [3.63, 3.8) is 0 Å². The number of nitrogens with one attached hydrogen (secondary N) is 2. The van der Waals surface area contributed by atoms with Gasteiger partial charge in [-0.1, -0.05) is 36.4 Å². The van der Waals surface area contributed by atoms with Crippen LogP contribution in [0.5, 0.6) is 11.8 Å². The highest BCUT2D eigenvalue weighted by Crippen LogP contribution is 2.29. The van der Waals surface area contributed by atoms with Gasteiger partial charge in [0, 0.05) is 24.0 Å². The molecule has 0 saturated heterocycles. The summed E-state index contributed by atoms with van der Waals surface area (Å²) >= 11 is 0. The zero-order valence-corrected chi connectivity index (χ0v) is 13.5. The van der Waals surface area contributed by atoms with Crippen molar-refractivity contribution in [3.8, 4) is 11.8 Å². The topological polar surface area (TPSA) is 59.1 Å². The molecule has 0 saturated carbocycles. The van der Waals surface area contributed by atoms with Crippen LogP contribution in [0.1, 0.15) is 11.3 Å². The van der Waals surface area contributed by atoms with Gasteiger partial charge >= 0.3 is 12.2 Å². The Morgan fingerprint density at radius 1 is 0.923 bits per heavy atom. The summed E-state index contributed by atoms with van der Waals surface area (Å²) in [5.41, 5.74) is 6.62. The quantitative estimate of drug-likeness (QED) is 0.638. The minimum absolute atomic E-state index is 0.358. The molecule has 3 aromatic rings. The fraction of sp³-hybridized carbons (Fsp3) is 0.111. The van der Waals surface area contributed by atoms with Gasteiger partial charge in [-0.15, -0.1) is 0 Å². The van der Waals surface area contributed by atoms with Gasteiger partial charge in [0.2, 0.25) is 0 Å². The predicted molar refractivity (Wildman–Crippen MR) is 90.5 cm³/mol. The Hall–Kier alpha value is -3.13. The molecular weight excluding hydrogens is 345 g/mol. The maximum Gasteiger partial charge on any atom is 0.433 e. The molecule has 1 aromatic heterocycles. The fourth-order valence-corrected chi connectivity index (χ4v) is 2.16. The number of halogens is 3. The van der Waals surface area contributed by atoms with Crippen LogP contribution in [0, 0.1) is 0 Å². The van der Waals surface area contributed by atoms with Crippen LogP contribution in [-0.4, -0.2) is 9.97 Å². The number of anilines is 1. The minimum atomic E-state index is -4.55. The smallest absolute Gasteiger partial charge is 0.424 e. The van der Waals surface area contributed by atoms with Crippen LogP contribution >= 0.6 is 0 Å². The van der Waals surface area contributed by atoms with E-state index in [9.17, 15) is 13.2 Å². The Bertz CT molecular complexity index is 856. The number of benzene rings is 2. The second-order valence-corrected chi connectivity index (χ2v) is 5.28. The minimum Gasteiger partial charge on any atom is -0.424 e. The van der Waals surface area contributed by atoms with Crippen molar-refractivity contribution in [1.82, 2.24) is 15.4 Å². The second-order valence-electron chi connectivity index (χ2n) is 5.28. The van der Waals surface area contributed by atoms with Crippen molar-refractivity contribution in [3.05, 3.63) is 78.1 Å². The molecule has 2 N–H and O–H groups in total. The number of rotatable bonds is 6. The molecule has 3 rings (SSSR count). The number of alkyl halides is 3. The van der Waals surface area contributed by atoms with E-state index in [-0.39, 0.29) is 6.01 Å². The van der Waals surface area contributed by atoms with Crippen LogP contribution in [0.2, 0.25) is 0 Å². The Labute approximate surface area is 147 Å². The Morgan fingerprint density at radius 3 is 2.42 bits per heavy atom. The van der Waals surface area contributed by atoms with E-state index < -0.39 is 11.9 Å². The van der Waals surface area contributed by atoms with Crippen LogP contribution in [0.15, 0.2) is 66.9 Å². The predicted octanol–water partition coefficient (Wildman–Crippen LogP) is 4.40. The van der Waals surface area contributed by atoms with Crippen LogP contribution < -0.4 is 15.6 Å². The molecule has 0 aliphatic carbocycles. The second kappa shape index (κ2) is 7.83. The largest absolute Gasteiger partial charge is 0.433 e. The van der Waals surface area contributed by atoms with Crippen molar-refractivity contribution in [2.24, 2.45) is 0 Å². The molecule has 0 amide bonds. The molecule has 0 radical (unpaired) electrons. The molecule has 0 spiro atoms. The third-order valence-corrected chi connectivity index (χ3v) is 3.38. The molecule has 0 aliphatic heterocycles. The molecule has 134 valence electrons. The highest BCUT2D eigenvalue weighted by atomic mass is 19.4. The van der Waals surface area contributed by atoms with Gasteiger partial charge in [-0.05, 0) is 24.3 Å². The summed E-state index contributed by atoms with van der Waals surface area (Å²) in [5, 5.41) is 0. The highest BCUT2D eigenvalue weighted by molar-refractivity contribution is 5.42. The van der Waals surface area contributed by atoms with E-state index in [2.05, 4.69) is 20.8 Å². The molecule has 1 heterocycles. The Balaban J connectivity index is 1.69. The zero-order valence-electron chi connectivity index (χ0n) is 13.5. The normalized spacial score (nSPS) is 11.2. The van der Waals surface area contributed by atoms with Crippen LogP contribution in [0.4, 0.5) is 18.9 Å². The van der Waals surface area contributed by atoms with Gasteiger partial charge in [0.15, 0.2) is 5.69 Å². The number of hydrogen-bond acceptors (Lipinski definition) is 5. The molecule has 5 nitrogen and oxygen atoms in total. The van der Waals surface area contributed by atoms with Crippen molar-refractivity contribution >= 4 is 5.69 Å². The summed E-state index contributed by atoms with van der Waals surface area (Å²) in [5.74, 6) is 0.370. The van der Waals surface area contributed by atoms with Gasteiger partial charge in [0.1, 0.15) is 5.75 Å². The number of para-hydroxylation sites is 2. The molecule has 0 unspecified atom stereocenters. The zero-order chi connectivity index (χ0) is 18.4. The molecule has 0 atom stereocenters. The van der Waals surface area contributed by atoms with Crippen LogP contribution in [-0.2, 0) is 12.7 Å². The van der Waals surface area contributed by atoms with Crippen molar-refractivity contribution in [2.45, 2.75) is 12.7 Å². The number of aromatic nitrogens is 2. The molecule has 0 fully saturated rings. The van der Waals surface area contributed by atoms with Crippen molar-refractivity contribution in [1.29, 1.82) is 0 Å². The summed E-state index contributed by atoms with van der Waals surface area (Å²) in [4.78, 5) is 7.16. The standard InChI is InChI=1S/C18H15F3N4O/c19-18(20,21)16-10-11-22-17(24-16)26-15-9-5-4-6-13(15)12-23-25-14-7-2-1-3-8-14/h1-11,23,25H,12H2. The molecule has 0 aliphatic rings. The molecule has 0 bridgehead atoms. The van der Waals surface area contributed by atoms with E-state index in [0.29, 0.717) is 12.3 Å². The summed E-state index contributed by atoms with van der Waals surface area (Å²) in [6, 6.07) is 16.9. The van der Waals surface area contributed by atoms with Gasteiger partial charge in [-0.25, -0.2) is 10.4 Å². The third kappa shape index (κ3) is 4.70.